The Labute approximate surface area is 152 Å². The van der Waals surface area contributed by atoms with Crippen LogP contribution in [0.25, 0.3) is 0 Å². The Morgan fingerprint density at radius 3 is 2.84 bits per heavy atom. The minimum Gasteiger partial charge on any atom is -0.490 e. The van der Waals surface area contributed by atoms with Gasteiger partial charge in [0, 0.05) is 32.2 Å². The summed E-state index contributed by atoms with van der Waals surface area (Å²) < 4.78 is 11.4. The topological polar surface area (TPSA) is 41.9 Å². The normalized spacial score (nSPS) is 25.4. The van der Waals surface area contributed by atoms with Gasteiger partial charge in [-0.3, -0.25) is 4.90 Å². The third-order valence-electron chi connectivity index (χ3n) is 5.82. The average molecular weight is 347 g/mol. The van der Waals surface area contributed by atoms with E-state index in [-0.39, 0.29) is 12.0 Å². The van der Waals surface area contributed by atoms with Crippen molar-refractivity contribution >= 4 is 0 Å². The molecule has 140 valence electrons. The first kappa shape index (κ1) is 18.7. The molecule has 0 amide bonds. The molecule has 0 spiro atoms. The maximum atomic E-state index is 9.95. The molecule has 1 aromatic carbocycles. The summed E-state index contributed by atoms with van der Waals surface area (Å²) in [4.78, 5) is 2.48. The molecule has 0 aromatic heterocycles. The Balaban J connectivity index is 1.59. The van der Waals surface area contributed by atoms with Gasteiger partial charge in [0.05, 0.1) is 12.7 Å². The second-order valence-corrected chi connectivity index (χ2v) is 7.89. The van der Waals surface area contributed by atoms with E-state index in [1.165, 1.54) is 31.2 Å². The molecule has 1 saturated heterocycles. The van der Waals surface area contributed by atoms with Gasteiger partial charge in [-0.1, -0.05) is 12.1 Å². The van der Waals surface area contributed by atoms with Gasteiger partial charge in [0.2, 0.25) is 0 Å². The van der Waals surface area contributed by atoms with E-state index < -0.39 is 0 Å². The van der Waals surface area contributed by atoms with E-state index in [0.717, 1.165) is 51.3 Å². The monoisotopic (exact) mass is 347 g/mol. The highest BCUT2D eigenvalue weighted by Crippen LogP contribution is 2.34. The number of benzene rings is 1. The smallest absolute Gasteiger partial charge is 0.120 e. The predicted molar refractivity (Wildman–Crippen MR) is 99.8 cm³/mol. The van der Waals surface area contributed by atoms with Gasteiger partial charge in [-0.05, 0) is 69.2 Å². The quantitative estimate of drug-likeness (QED) is 0.780. The molecular formula is C21H33NO3. The van der Waals surface area contributed by atoms with Crippen molar-refractivity contribution in [3.63, 3.8) is 0 Å². The zero-order valence-corrected chi connectivity index (χ0v) is 15.6. The van der Waals surface area contributed by atoms with Crippen LogP contribution in [0.5, 0.6) is 5.75 Å². The number of aliphatic hydroxyl groups excluding tert-OH is 1. The van der Waals surface area contributed by atoms with Crippen LogP contribution < -0.4 is 4.74 Å². The van der Waals surface area contributed by atoms with Crippen LogP contribution >= 0.6 is 0 Å². The number of rotatable bonds is 8. The zero-order valence-electron chi connectivity index (χ0n) is 15.6. The van der Waals surface area contributed by atoms with E-state index in [0.29, 0.717) is 6.10 Å². The molecule has 1 aliphatic carbocycles. The number of hydrogen-bond acceptors (Lipinski definition) is 4. The lowest BCUT2D eigenvalue weighted by atomic mass is 9.78. The first-order valence-corrected chi connectivity index (χ1v) is 9.81. The van der Waals surface area contributed by atoms with E-state index in [4.69, 9.17) is 9.47 Å². The Morgan fingerprint density at radius 1 is 1.24 bits per heavy atom. The van der Waals surface area contributed by atoms with Crippen LogP contribution in [0, 0.1) is 5.41 Å². The van der Waals surface area contributed by atoms with Crippen LogP contribution in [0.15, 0.2) is 24.3 Å². The molecule has 4 heteroatoms. The van der Waals surface area contributed by atoms with Crippen LogP contribution in [0.4, 0.5) is 0 Å². The largest absolute Gasteiger partial charge is 0.490 e. The van der Waals surface area contributed by atoms with Gasteiger partial charge in [-0.2, -0.15) is 0 Å². The lowest BCUT2D eigenvalue weighted by Gasteiger charge is -2.42. The minimum absolute atomic E-state index is 0.00772. The Morgan fingerprint density at radius 2 is 2.08 bits per heavy atom. The summed E-state index contributed by atoms with van der Waals surface area (Å²) in [5, 5.41) is 9.95. The number of methoxy groups -OCH3 is 1. The predicted octanol–water partition coefficient (Wildman–Crippen LogP) is 3.62. The number of likely N-dealkylation sites (tertiary alicyclic amines) is 1. The summed E-state index contributed by atoms with van der Waals surface area (Å²) in [6.45, 7) is 3.94. The van der Waals surface area contributed by atoms with Gasteiger partial charge in [-0.25, -0.2) is 0 Å². The fraction of sp³-hybridized carbons (Fsp3) is 0.714. The number of ether oxygens (including phenoxy) is 2. The molecule has 25 heavy (non-hydrogen) atoms. The molecule has 1 heterocycles. The van der Waals surface area contributed by atoms with Crippen molar-refractivity contribution < 1.29 is 14.6 Å². The highest BCUT2D eigenvalue weighted by molar-refractivity contribution is 5.28. The lowest BCUT2D eigenvalue weighted by molar-refractivity contribution is 0.00473. The summed E-state index contributed by atoms with van der Waals surface area (Å²) in [6.07, 6.45) is 8.54. The van der Waals surface area contributed by atoms with Crippen LogP contribution in [-0.4, -0.2) is 49.5 Å². The van der Waals surface area contributed by atoms with Gasteiger partial charge in [0.1, 0.15) is 5.75 Å². The van der Waals surface area contributed by atoms with Crippen molar-refractivity contribution in [2.24, 2.45) is 5.41 Å². The van der Waals surface area contributed by atoms with Gasteiger partial charge in [0.15, 0.2) is 0 Å². The molecule has 4 nitrogen and oxygen atoms in total. The third-order valence-corrected chi connectivity index (χ3v) is 5.82. The molecule has 3 rings (SSSR count). The minimum atomic E-state index is -0.00772. The molecular weight excluding hydrogens is 314 g/mol. The maximum Gasteiger partial charge on any atom is 0.120 e. The lowest BCUT2D eigenvalue weighted by Crippen LogP contribution is -2.45. The summed E-state index contributed by atoms with van der Waals surface area (Å²) in [7, 11) is 1.74. The molecule has 1 aliphatic heterocycles. The average Bonchev–Trinajstić information content (AvgIpc) is 3.13. The molecule has 2 fully saturated rings. The van der Waals surface area contributed by atoms with Crippen LogP contribution in [0.2, 0.25) is 0 Å². The second kappa shape index (κ2) is 9.02. The second-order valence-electron chi connectivity index (χ2n) is 7.89. The molecule has 0 radical (unpaired) electrons. The van der Waals surface area contributed by atoms with E-state index >= 15 is 0 Å². The Bertz CT molecular complexity index is 530. The van der Waals surface area contributed by atoms with Crippen molar-refractivity contribution in [3.8, 4) is 5.75 Å². The molecule has 1 atom stereocenters. The highest BCUT2D eigenvalue weighted by Gasteiger charge is 2.34. The summed E-state index contributed by atoms with van der Waals surface area (Å²) in [5.74, 6) is 1.01. The summed E-state index contributed by atoms with van der Waals surface area (Å²) in [6, 6.07) is 8.57. The summed E-state index contributed by atoms with van der Waals surface area (Å²) in [5.41, 5.74) is 1.29. The fourth-order valence-electron chi connectivity index (χ4n) is 4.35. The van der Waals surface area contributed by atoms with Gasteiger partial charge >= 0.3 is 0 Å². The van der Waals surface area contributed by atoms with Crippen LogP contribution in [0.1, 0.15) is 50.5 Å². The first-order valence-electron chi connectivity index (χ1n) is 9.81. The number of aliphatic hydroxyl groups is 1. The molecule has 1 aromatic rings. The fourth-order valence-corrected chi connectivity index (χ4v) is 4.35. The van der Waals surface area contributed by atoms with Gasteiger partial charge in [-0.15, -0.1) is 0 Å². The van der Waals surface area contributed by atoms with Crippen molar-refractivity contribution in [1.82, 2.24) is 4.90 Å². The molecule has 0 bridgehead atoms. The van der Waals surface area contributed by atoms with Gasteiger partial charge < -0.3 is 14.6 Å². The molecule has 1 N–H and O–H groups in total. The highest BCUT2D eigenvalue weighted by atomic mass is 16.5. The SMILES string of the molecule is COCCC1(CO)CCCN(Cc2cccc(OC3CCCC3)c2)C1. The number of piperidine rings is 1. The van der Waals surface area contributed by atoms with Gasteiger partial charge in [0.25, 0.3) is 0 Å². The molecule has 2 aliphatic rings. The van der Waals surface area contributed by atoms with E-state index in [1.807, 2.05) is 0 Å². The Kier molecular flexibility index (Phi) is 6.74. The van der Waals surface area contributed by atoms with Crippen molar-refractivity contribution in [3.05, 3.63) is 29.8 Å². The Hall–Kier alpha value is -1.10. The van der Waals surface area contributed by atoms with E-state index in [2.05, 4.69) is 29.2 Å². The first-order chi connectivity index (χ1) is 12.2. The van der Waals surface area contributed by atoms with E-state index in [9.17, 15) is 5.11 Å². The zero-order chi connectivity index (χ0) is 17.5. The van der Waals surface area contributed by atoms with Crippen LogP contribution in [-0.2, 0) is 11.3 Å². The van der Waals surface area contributed by atoms with E-state index in [1.54, 1.807) is 7.11 Å². The van der Waals surface area contributed by atoms with Crippen LogP contribution in [0.3, 0.4) is 0 Å². The third kappa shape index (κ3) is 5.19. The van der Waals surface area contributed by atoms with Crippen molar-refractivity contribution in [1.29, 1.82) is 0 Å². The van der Waals surface area contributed by atoms with Crippen molar-refractivity contribution in [2.45, 2.75) is 57.6 Å². The standard InChI is InChI=1S/C21H33NO3/c1-24-13-11-21(17-23)10-5-12-22(16-21)15-18-6-4-9-20(14-18)25-19-7-2-3-8-19/h4,6,9,14,19,23H,2-3,5,7-8,10-13,15-17H2,1H3. The number of nitrogens with zero attached hydrogens (tertiary/aromatic N) is 1. The van der Waals surface area contributed by atoms with Crippen molar-refractivity contribution in [2.75, 3.05) is 33.4 Å². The number of hydrogen-bond donors (Lipinski definition) is 1. The molecule has 1 saturated carbocycles. The summed E-state index contributed by atoms with van der Waals surface area (Å²) >= 11 is 0. The maximum absolute atomic E-state index is 9.95. The molecule has 1 unspecified atom stereocenters.